The van der Waals surface area contributed by atoms with Gasteiger partial charge in [0.25, 0.3) is 0 Å². The van der Waals surface area contributed by atoms with Crippen LogP contribution >= 0.6 is 0 Å². The van der Waals surface area contributed by atoms with E-state index in [-0.39, 0.29) is 4.90 Å². The summed E-state index contributed by atoms with van der Waals surface area (Å²) in [6, 6.07) is 0. The highest BCUT2D eigenvalue weighted by Crippen LogP contribution is 2.32. The minimum Gasteiger partial charge on any atom is -0.360 e. The topological polar surface area (TPSA) is 75.4 Å². The molecule has 2 atom stereocenters. The number of fused-ring (bicyclic) bond motifs is 1. The van der Waals surface area contributed by atoms with E-state index < -0.39 is 10.0 Å². The zero-order valence-corrected chi connectivity index (χ0v) is 11.3. The fraction of sp³-hybridized carbons (Fsp3) is 0.727. The van der Waals surface area contributed by atoms with Crippen LogP contribution in [-0.4, -0.2) is 44.1 Å². The molecule has 100 valence electrons. The minimum absolute atomic E-state index is 0.246. The maximum atomic E-state index is 12.6. The number of nitrogens with one attached hydrogen (secondary N) is 1. The number of aryl methyl sites for hydroxylation is 2. The normalized spacial score (nSPS) is 28.8. The molecule has 0 aromatic carbocycles. The lowest BCUT2D eigenvalue weighted by Crippen LogP contribution is -2.32. The van der Waals surface area contributed by atoms with Crippen LogP contribution < -0.4 is 5.32 Å². The average Bonchev–Trinajstić information content (AvgIpc) is 2.91. The Morgan fingerprint density at radius 2 is 1.89 bits per heavy atom. The maximum absolute atomic E-state index is 12.6. The number of hydrogen-bond acceptors (Lipinski definition) is 5. The third kappa shape index (κ3) is 1.69. The molecule has 3 rings (SSSR count). The fourth-order valence-electron chi connectivity index (χ4n) is 2.98. The highest BCUT2D eigenvalue weighted by Gasteiger charge is 2.43. The standard InChI is InChI=1S/C11H17N3O3S/c1-7-11(8(2)17-13-7)18(15,16)14-5-9-3-12-4-10(9)6-14/h9-10,12H,3-6H2,1-2H3/t9-,10+. The Morgan fingerprint density at radius 1 is 1.28 bits per heavy atom. The summed E-state index contributed by atoms with van der Waals surface area (Å²) in [4.78, 5) is 0.246. The molecule has 2 aliphatic heterocycles. The van der Waals surface area contributed by atoms with Gasteiger partial charge in [-0.3, -0.25) is 0 Å². The smallest absolute Gasteiger partial charge is 0.248 e. The number of aromatic nitrogens is 1. The SMILES string of the molecule is Cc1noc(C)c1S(=O)(=O)N1C[C@H]2CNC[C@H]2C1. The molecule has 3 heterocycles. The monoisotopic (exact) mass is 271 g/mol. The first kappa shape index (κ1) is 12.1. The van der Waals surface area contributed by atoms with Crippen molar-refractivity contribution >= 4 is 10.0 Å². The van der Waals surface area contributed by atoms with Crippen molar-refractivity contribution < 1.29 is 12.9 Å². The predicted octanol–water partition coefficient (Wildman–Crippen LogP) is 0.131. The Morgan fingerprint density at radius 3 is 2.39 bits per heavy atom. The van der Waals surface area contributed by atoms with Crippen LogP contribution in [-0.2, 0) is 10.0 Å². The summed E-state index contributed by atoms with van der Waals surface area (Å²) in [5.41, 5.74) is 0.447. The van der Waals surface area contributed by atoms with Gasteiger partial charge in [-0.1, -0.05) is 5.16 Å². The molecule has 1 aromatic rings. The van der Waals surface area contributed by atoms with Crippen molar-refractivity contribution in [3.05, 3.63) is 11.5 Å². The Labute approximate surface area is 106 Å². The minimum atomic E-state index is -3.45. The molecule has 2 saturated heterocycles. The molecule has 0 unspecified atom stereocenters. The zero-order valence-electron chi connectivity index (χ0n) is 10.5. The van der Waals surface area contributed by atoms with Crippen molar-refractivity contribution in [3.63, 3.8) is 0 Å². The second kappa shape index (κ2) is 4.04. The number of rotatable bonds is 2. The van der Waals surface area contributed by atoms with Gasteiger partial charge in [0.1, 0.15) is 10.6 Å². The lowest BCUT2D eigenvalue weighted by atomic mass is 10.0. The largest absolute Gasteiger partial charge is 0.360 e. The highest BCUT2D eigenvalue weighted by atomic mass is 32.2. The summed E-state index contributed by atoms with van der Waals surface area (Å²) in [6.07, 6.45) is 0. The summed E-state index contributed by atoms with van der Waals surface area (Å²) in [5.74, 6) is 1.27. The summed E-state index contributed by atoms with van der Waals surface area (Å²) in [7, 11) is -3.45. The summed E-state index contributed by atoms with van der Waals surface area (Å²) in [5, 5.41) is 7.03. The van der Waals surface area contributed by atoms with E-state index in [4.69, 9.17) is 4.52 Å². The highest BCUT2D eigenvalue weighted by molar-refractivity contribution is 7.89. The summed E-state index contributed by atoms with van der Waals surface area (Å²) < 4.78 is 31.7. The van der Waals surface area contributed by atoms with Gasteiger partial charge in [0.05, 0.1) is 0 Å². The molecule has 0 aliphatic carbocycles. The van der Waals surface area contributed by atoms with Crippen molar-refractivity contribution in [1.29, 1.82) is 0 Å². The van der Waals surface area contributed by atoms with Crippen LogP contribution in [0.2, 0.25) is 0 Å². The van der Waals surface area contributed by atoms with Gasteiger partial charge in [-0.05, 0) is 38.8 Å². The van der Waals surface area contributed by atoms with Gasteiger partial charge in [-0.25, -0.2) is 8.42 Å². The van der Waals surface area contributed by atoms with Gasteiger partial charge in [0.2, 0.25) is 10.0 Å². The van der Waals surface area contributed by atoms with Gasteiger partial charge in [-0.2, -0.15) is 4.31 Å². The fourth-order valence-corrected chi connectivity index (χ4v) is 4.83. The molecular weight excluding hydrogens is 254 g/mol. The van der Waals surface area contributed by atoms with Gasteiger partial charge >= 0.3 is 0 Å². The molecule has 0 spiro atoms. The number of sulfonamides is 1. The van der Waals surface area contributed by atoms with Crippen molar-refractivity contribution in [2.75, 3.05) is 26.2 Å². The van der Waals surface area contributed by atoms with E-state index >= 15 is 0 Å². The molecule has 0 saturated carbocycles. The van der Waals surface area contributed by atoms with Gasteiger partial charge in [-0.15, -0.1) is 0 Å². The molecule has 7 heteroatoms. The summed E-state index contributed by atoms with van der Waals surface area (Å²) in [6.45, 7) is 6.35. The third-order valence-electron chi connectivity index (χ3n) is 3.92. The van der Waals surface area contributed by atoms with Crippen LogP contribution in [0.15, 0.2) is 9.42 Å². The lowest BCUT2D eigenvalue weighted by Gasteiger charge is -2.16. The molecule has 18 heavy (non-hydrogen) atoms. The van der Waals surface area contributed by atoms with Crippen LogP contribution in [0.4, 0.5) is 0 Å². The molecule has 0 amide bonds. The molecule has 2 fully saturated rings. The third-order valence-corrected chi connectivity index (χ3v) is 6.00. The van der Waals surface area contributed by atoms with Crippen LogP contribution in [0.1, 0.15) is 11.5 Å². The molecule has 6 nitrogen and oxygen atoms in total. The quantitative estimate of drug-likeness (QED) is 0.827. The van der Waals surface area contributed by atoms with Crippen LogP contribution in [0, 0.1) is 25.7 Å². The molecular formula is C11H17N3O3S. The molecule has 1 N–H and O–H groups in total. The first-order chi connectivity index (χ1) is 8.50. The Bertz CT molecular complexity index is 535. The van der Waals surface area contributed by atoms with E-state index in [9.17, 15) is 8.42 Å². The van der Waals surface area contributed by atoms with E-state index in [1.807, 2.05) is 0 Å². The predicted molar refractivity (Wildman–Crippen MR) is 64.6 cm³/mol. The van der Waals surface area contributed by atoms with Crippen molar-refractivity contribution in [2.24, 2.45) is 11.8 Å². The summed E-state index contributed by atoms with van der Waals surface area (Å²) >= 11 is 0. The molecule has 2 aliphatic rings. The second-order valence-electron chi connectivity index (χ2n) is 5.15. The van der Waals surface area contributed by atoms with Crippen LogP contribution in [0.3, 0.4) is 0 Å². The second-order valence-corrected chi connectivity index (χ2v) is 7.03. The van der Waals surface area contributed by atoms with E-state index in [0.29, 0.717) is 36.4 Å². The van der Waals surface area contributed by atoms with E-state index in [0.717, 1.165) is 13.1 Å². The first-order valence-electron chi connectivity index (χ1n) is 6.14. The van der Waals surface area contributed by atoms with Gasteiger partial charge in [0.15, 0.2) is 5.76 Å². The maximum Gasteiger partial charge on any atom is 0.248 e. The van der Waals surface area contributed by atoms with E-state index in [1.54, 1.807) is 18.2 Å². The van der Waals surface area contributed by atoms with E-state index in [2.05, 4.69) is 10.5 Å². The zero-order chi connectivity index (χ0) is 12.9. The molecule has 0 bridgehead atoms. The Balaban J connectivity index is 1.92. The average molecular weight is 271 g/mol. The lowest BCUT2D eigenvalue weighted by molar-refractivity contribution is 0.389. The van der Waals surface area contributed by atoms with Gasteiger partial charge in [0, 0.05) is 13.1 Å². The Hall–Kier alpha value is -0.920. The Kier molecular flexibility index (Phi) is 2.72. The van der Waals surface area contributed by atoms with Crippen molar-refractivity contribution in [2.45, 2.75) is 18.7 Å². The van der Waals surface area contributed by atoms with Gasteiger partial charge < -0.3 is 9.84 Å². The first-order valence-corrected chi connectivity index (χ1v) is 7.58. The van der Waals surface area contributed by atoms with Crippen molar-refractivity contribution in [3.8, 4) is 0 Å². The number of nitrogens with zero attached hydrogens (tertiary/aromatic N) is 2. The van der Waals surface area contributed by atoms with E-state index in [1.165, 1.54) is 0 Å². The van der Waals surface area contributed by atoms with Crippen LogP contribution in [0.25, 0.3) is 0 Å². The molecule has 0 radical (unpaired) electrons. The van der Waals surface area contributed by atoms with Crippen LogP contribution in [0.5, 0.6) is 0 Å². The molecule has 1 aromatic heterocycles. The van der Waals surface area contributed by atoms with Crippen molar-refractivity contribution in [1.82, 2.24) is 14.8 Å². The number of hydrogen-bond donors (Lipinski definition) is 1.